The number of nitrogens with one attached hydrogen (secondary N) is 4. The van der Waals surface area contributed by atoms with Crippen LogP contribution in [0.5, 0.6) is 5.75 Å². The van der Waals surface area contributed by atoms with Gasteiger partial charge in [0.2, 0.25) is 29.5 Å². The summed E-state index contributed by atoms with van der Waals surface area (Å²) in [7, 11) is 0. The van der Waals surface area contributed by atoms with Gasteiger partial charge in [-0.2, -0.15) is 11.8 Å². The molecule has 0 spiro atoms. The molecule has 16 heteroatoms. The van der Waals surface area contributed by atoms with E-state index >= 15 is 0 Å². The van der Waals surface area contributed by atoms with Crippen molar-refractivity contribution in [3.05, 3.63) is 29.8 Å². The first-order chi connectivity index (χ1) is 18.7. The lowest BCUT2D eigenvalue weighted by molar-refractivity contribution is -0.143. The monoisotopic (exact) mass is 584 g/mol. The predicted octanol–water partition coefficient (Wildman–Crippen LogP) is -3.07. The summed E-state index contributed by atoms with van der Waals surface area (Å²) in [5, 5.41) is 38.4. The van der Waals surface area contributed by atoms with Gasteiger partial charge in [0.1, 0.15) is 23.9 Å². The van der Waals surface area contributed by atoms with Crippen molar-refractivity contribution in [1.29, 1.82) is 0 Å². The fourth-order valence-electron chi connectivity index (χ4n) is 3.35. The first-order valence-electron chi connectivity index (χ1n) is 12.1. The molecule has 1 rings (SSSR count). The second kappa shape index (κ2) is 16.9. The molecule has 0 saturated carbocycles. The maximum atomic E-state index is 13.0. The number of hydrogen-bond acceptors (Lipinski definition) is 10. The van der Waals surface area contributed by atoms with Crippen LogP contribution in [0.25, 0.3) is 0 Å². The van der Waals surface area contributed by atoms with Crippen LogP contribution in [0.3, 0.4) is 0 Å². The van der Waals surface area contributed by atoms with Crippen molar-refractivity contribution in [2.45, 2.75) is 56.5 Å². The van der Waals surface area contributed by atoms with E-state index in [9.17, 15) is 44.1 Å². The highest BCUT2D eigenvalue weighted by Crippen LogP contribution is 2.12. The molecule has 222 valence electrons. The normalized spacial score (nSPS) is 14.5. The minimum Gasteiger partial charge on any atom is -0.508 e. The van der Waals surface area contributed by atoms with Gasteiger partial charge in [0.05, 0.1) is 25.1 Å². The van der Waals surface area contributed by atoms with E-state index in [1.807, 2.05) is 0 Å². The molecule has 1 aromatic rings. The molecule has 0 heterocycles. The largest absolute Gasteiger partial charge is 0.508 e. The first-order valence-corrected chi connectivity index (χ1v) is 13.5. The molecule has 5 amide bonds. The molecule has 11 N–H and O–H groups in total. The van der Waals surface area contributed by atoms with E-state index in [2.05, 4.69) is 21.3 Å². The molecular weight excluding hydrogens is 548 g/mol. The number of hydrogen-bond donors (Lipinski definition) is 9. The van der Waals surface area contributed by atoms with Crippen molar-refractivity contribution in [1.82, 2.24) is 21.3 Å². The number of nitrogens with two attached hydrogens (primary N) is 2. The summed E-state index contributed by atoms with van der Waals surface area (Å²) in [6, 6.07) is 0.294. The standard InChI is InChI=1S/C24H36N6O9S/c1-12(31)20(23(37)29-17(24(38)39)9-13-3-5-14(32)6-4-13)30-22(36)16(7-8-40-2)28-19(34)11-27-21(35)15(25)10-18(26)33/h3-6,12,15-17,20,31-32H,7-11,25H2,1-2H3,(H2,26,33)(H,27,35)(H,28,34)(H,29,37)(H,30,36)(H,38,39)/t12-,15+,16+,17+,20+/m1/s1. The smallest absolute Gasteiger partial charge is 0.326 e. The Balaban J connectivity index is 2.88. The molecule has 0 bridgehead atoms. The van der Waals surface area contributed by atoms with Gasteiger partial charge >= 0.3 is 5.97 Å². The van der Waals surface area contributed by atoms with Crippen LogP contribution in [0.4, 0.5) is 0 Å². The van der Waals surface area contributed by atoms with Gasteiger partial charge in [-0.1, -0.05) is 12.1 Å². The van der Waals surface area contributed by atoms with Gasteiger partial charge in [-0.3, -0.25) is 24.0 Å². The van der Waals surface area contributed by atoms with E-state index in [1.165, 1.54) is 43.0 Å². The lowest BCUT2D eigenvalue weighted by Gasteiger charge is -2.26. The summed E-state index contributed by atoms with van der Waals surface area (Å²) in [4.78, 5) is 72.8. The highest BCUT2D eigenvalue weighted by atomic mass is 32.2. The third-order valence-corrected chi connectivity index (χ3v) is 6.14. The topological polar surface area (TPSA) is 263 Å². The van der Waals surface area contributed by atoms with Crippen LogP contribution in [-0.4, -0.2) is 99.6 Å². The number of aromatic hydroxyl groups is 1. The summed E-state index contributed by atoms with van der Waals surface area (Å²) in [6.07, 6.45) is -0.102. The average Bonchev–Trinajstić information content (AvgIpc) is 2.87. The number of benzene rings is 1. The maximum absolute atomic E-state index is 13.0. The molecule has 0 saturated heterocycles. The maximum Gasteiger partial charge on any atom is 0.326 e. The molecular formula is C24H36N6O9S. The fourth-order valence-corrected chi connectivity index (χ4v) is 3.82. The number of phenols is 1. The van der Waals surface area contributed by atoms with E-state index in [4.69, 9.17) is 11.5 Å². The number of phenolic OH excluding ortho intramolecular Hbond substituents is 1. The molecule has 1 aromatic carbocycles. The number of rotatable bonds is 17. The summed E-state index contributed by atoms with van der Waals surface area (Å²) in [6.45, 7) is 0.660. The number of carbonyl (C=O) groups is 6. The van der Waals surface area contributed by atoms with Crippen LogP contribution in [0.2, 0.25) is 0 Å². The van der Waals surface area contributed by atoms with Crippen molar-refractivity contribution in [2.24, 2.45) is 11.5 Å². The van der Waals surface area contributed by atoms with Crippen LogP contribution in [0.1, 0.15) is 25.3 Å². The van der Waals surface area contributed by atoms with Crippen molar-refractivity contribution in [3.63, 3.8) is 0 Å². The zero-order valence-electron chi connectivity index (χ0n) is 22.1. The van der Waals surface area contributed by atoms with Gasteiger partial charge in [0, 0.05) is 6.42 Å². The highest BCUT2D eigenvalue weighted by Gasteiger charge is 2.32. The molecule has 0 aliphatic rings. The van der Waals surface area contributed by atoms with Gasteiger partial charge in [0.25, 0.3) is 0 Å². The SMILES string of the molecule is CSCC[C@H](NC(=O)CNC(=O)[C@@H](N)CC(N)=O)C(=O)N[C@H](C(=O)N[C@@H](Cc1ccc(O)cc1)C(=O)O)[C@@H](C)O. The van der Waals surface area contributed by atoms with Crippen molar-refractivity contribution in [3.8, 4) is 5.75 Å². The number of amides is 5. The Morgan fingerprint density at radius 2 is 1.57 bits per heavy atom. The van der Waals surface area contributed by atoms with Crippen molar-refractivity contribution < 1.29 is 44.1 Å². The van der Waals surface area contributed by atoms with E-state index < -0.39 is 78.7 Å². The van der Waals surface area contributed by atoms with E-state index in [0.717, 1.165) is 0 Å². The summed E-state index contributed by atoms with van der Waals surface area (Å²) in [5.74, 6) is -5.12. The third-order valence-electron chi connectivity index (χ3n) is 5.50. The molecule has 0 aromatic heterocycles. The average molecular weight is 585 g/mol. The molecule has 0 unspecified atom stereocenters. The van der Waals surface area contributed by atoms with Crippen molar-refractivity contribution in [2.75, 3.05) is 18.6 Å². The van der Waals surface area contributed by atoms with Crippen LogP contribution >= 0.6 is 11.8 Å². The Bertz CT molecular complexity index is 1050. The Hall–Kier alpha value is -3.89. The van der Waals surface area contributed by atoms with Gasteiger partial charge in [-0.15, -0.1) is 0 Å². The molecule has 0 aliphatic carbocycles. The zero-order chi connectivity index (χ0) is 30.4. The minimum atomic E-state index is -1.56. The van der Waals surface area contributed by atoms with Crippen molar-refractivity contribution >= 4 is 47.3 Å². The summed E-state index contributed by atoms with van der Waals surface area (Å²) in [5.41, 5.74) is 11.0. The predicted molar refractivity (Wildman–Crippen MR) is 145 cm³/mol. The molecule has 0 aliphatic heterocycles. The second-order valence-corrected chi connectivity index (χ2v) is 9.88. The lowest BCUT2D eigenvalue weighted by atomic mass is 10.0. The number of aliphatic hydroxyl groups is 1. The zero-order valence-corrected chi connectivity index (χ0v) is 22.9. The Morgan fingerprint density at radius 1 is 0.950 bits per heavy atom. The fraction of sp³-hybridized carbons (Fsp3) is 0.500. The highest BCUT2D eigenvalue weighted by molar-refractivity contribution is 7.98. The molecule has 5 atom stereocenters. The second-order valence-electron chi connectivity index (χ2n) is 8.89. The Labute approximate surface area is 234 Å². The minimum absolute atomic E-state index is 0.0197. The number of carboxylic acids is 1. The Morgan fingerprint density at radius 3 is 2.10 bits per heavy atom. The van der Waals surface area contributed by atoms with Crippen LogP contribution < -0.4 is 32.7 Å². The summed E-state index contributed by atoms with van der Waals surface area (Å²) >= 11 is 1.38. The molecule has 15 nitrogen and oxygen atoms in total. The quantitative estimate of drug-likeness (QED) is 0.0886. The van der Waals surface area contributed by atoms with Crippen LogP contribution in [0, 0.1) is 0 Å². The van der Waals surface area contributed by atoms with Gasteiger partial charge < -0.3 is 48.1 Å². The summed E-state index contributed by atoms with van der Waals surface area (Å²) < 4.78 is 0. The number of carboxylic acid groups (broad SMARTS) is 1. The van der Waals surface area contributed by atoms with E-state index in [1.54, 1.807) is 6.26 Å². The van der Waals surface area contributed by atoms with Gasteiger partial charge in [-0.05, 0) is 43.0 Å². The third kappa shape index (κ3) is 12.3. The number of aliphatic carboxylic acids is 1. The number of aliphatic hydroxyl groups excluding tert-OH is 1. The lowest BCUT2D eigenvalue weighted by Crippen LogP contribution is -2.59. The number of carbonyl (C=O) groups excluding carboxylic acids is 5. The molecule has 0 fully saturated rings. The van der Waals surface area contributed by atoms with Crippen LogP contribution in [-0.2, 0) is 35.2 Å². The number of thioether (sulfide) groups is 1. The van der Waals surface area contributed by atoms with E-state index in [-0.39, 0.29) is 18.6 Å². The van der Waals surface area contributed by atoms with Crippen LogP contribution in [0.15, 0.2) is 24.3 Å². The molecule has 40 heavy (non-hydrogen) atoms. The number of primary amides is 1. The first kappa shape index (κ1) is 34.1. The van der Waals surface area contributed by atoms with Gasteiger partial charge in [0.15, 0.2) is 0 Å². The van der Waals surface area contributed by atoms with E-state index in [0.29, 0.717) is 11.3 Å². The molecule has 0 radical (unpaired) electrons. The van der Waals surface area contributed by atoms with Gasteiger partial charge in [-0.25, -0.2) is 4.79 Å². The Kier molecular flexibility index (Phi) is 14.5.